The molecule has 0 rings (SSSR count). The molecule has 0 bridgehead atoms. The van der Waals surface area contributed by atoms with Crippen molar-refractivity contribution in [1.82, 2.24) is 6.15 Å². The van der Waals surface area contributed by atoms with Gasteiger partial charge in [-0.3, -0.25) is 4.79 Å². The normalized spacial score (nSPS) is 8.70. The first-order chi connectivity index (χ1) is 17.8. The number of carbonyl (C=O) groups is 2. The Morgan fingerprint density at radius 1 is 0.775 bits per heavy atom. The maximum atomic E-state index is 12.0. The van der Waals surface area contributed by atoms with Crippen molar-refractivity contribution in [2.24, 2.45) is 0 Å². The molecule has 0 spiro atoms. The van der Waals surface area contributed by atoms with Crippen LogP contribution in [0.2, 0.25) is 0 Å². The van der Waals surface area contributed by atoms with Crippen molar-refractivity contribution in [3.63, 3.8) is 0 Å². The summed E-state index contributed by atoms with van der Waals surface area (Å²) in [6.45, 7) is 2.41. The van der Waals surface area contributed by atoms with E-state index in [1.807, 2.05) is 0 Å². The third-order valence-electron chi connectivity index (χ3n) is 3.83. The van der Waals surface area contributed by atoms with Crippen LogP contribution in [0, 0.1) is 82.9 Å². The van der Waals surface area contributed by atoms with Crippen LogP contribution in [-0.4, -0.2) is 31.3 Å². The summed E-state index contributed by atoms with van der Waals surface area (Å²) in [6, 6.07) is 0. The Bertz CT molecular complexity index is 1300. The quantitative estimate of drug-likeness (QED) is 0.0651. The van der Waals surface area contributed by atoms with Gasteiger partial charge in [0.15, 0.2) is 6.10 Å². The van der Waals surface area contributed by atoms with E-state index in [0.717, 1.165) is 32.1 Å². The number of hydrogen-bond acceptors (Lipinski definition) is 9. The summed E-state index contributed by atoms with van der Waals surface area (Å²) in [5.74, 6) is 31.9. The van der Waals surface area contributed by atoms with Gasteiger partial charge in [0.2, 0.25) is 0 Å². The minimum Gasteiger partial charge on any atom is -0.790 e. The molecule has 0 aromatic heterocycles. The molecule has 0 aliphatic rings. The van der Waals surface area contributed by atoms with Crippen LogP contribution in [0.25, 0.3) is 0 Å². The van der Waals surface area contributed by atoms with Gasteiger partial charge in [0.05, 0.1) is 14.4 Å². The van der Waals surface area contributed by atoms with Crippen molar-refractivity contribution in [2.75, 3.05) is 13.2 Å². The summed E-state index contributed by atoms with van der Waals surface area (Å²) in [5.41, 5.74) is 0. The Hall–Kier alpha value is -2.07. The molecule has 0 aromatic carbocycles. The van der Waals surface area contributed by atoms with Gasteiger partial charge in [0, 0.05) is 30.9 Å². The number of phosphoric ester groups is 1. The summed E-state index contributed by atoms with van der Waals surface area (Å²) in [5, 5.41) is 0. The van der Waals surface area contributed by atoms with Crippen molar-refractivity contribution in [3.8, 4) is 82.9 Å². The van der Waals surface area contributed by atoms with Crippen LogP contribution in [0.15, 0.2) is 0 Å². The molecule has 0 fully saturated rings. The van der Waals surface area contributed by atoms with Crippen LogP contribution in [0.5, 0.6) is 0 Å². The minimum absolute atomic E-state index is 0. The molecule has 40 heavy (non-hydrogen) atoms. The molecule has 0 heterocycles. The monoisotopic (exact) mass is 609 g/mol. The van der Waals surface area contributed by atoms with Crippen LogP contribution in [0.3, 0.4) is 0 Å². The number of carbonyl (C=O) groups excluding carboxylic acids is 2. The van der Waals surface area contributed by atoms with Gasteiger partial charge in [-0.2, -0.15) is 0 Å². The van der Waals surface area contributed by atoms with E-state index in [9.17, 15) is 23.9 Å². The third kappa shape index (κ3) is 34.0. The number of unbranched alkanes of at least 4 members (excludes halogenated alkanes) is 5. The number of ether oxygens (including phenoxy) is 2. The molecule has 0 aliphatic carbocycles. The van der Waals surface area contributed by atoms with Crippen LogP contribution in [0.4, 0.5) is 0 Å². The van der Waals surface area contributed by atoms with Crippen LogP contribution < -0.4 is 75.1 Å². The van der Waals surface area contributed by atoms with Crippen LogP contribution >= 0.6 is 7.82 Å². The standard InChI is InChI=1S/C28H27O8P.H3N.2Na.13H2/c1-3-5-7-9-11-12-13-14-15-16-17-19-20-22-27(29)34-24-26(25-35-37(31,32)33)36-28(30)23-21-18-10-8-6-4-2;;;;;;;;;;;;;;;;/h26H,4,6,8,10,18,21,23-25H2,1-2H3,(H2,31,32,33);1H3;;;13*1H/q;;2*+1;;;;;;;;;;;;;/p-2/t26-;;;;;;;;;;;;;;;;/m0................/s1. The van der Waals surface area contributed by atoms with Gasteiger partial charge in [-0.15, -0.1) is 0 Å². The third-order valence-corrected chi connectivity index (χ3v) is 4.29. The second-order valence-electron chi connectivity index (χ2n) is 6.85. The molecule has 1 atom stereocenters. The zero-order chi connectivity index (χ0) is 27.6. The van der Waals surface area contributed by atoms with Gasteiger partial charge in [-0.25, -0.2) is 4.79 Å². The fourth-order valence-electron chi connectivity index (χ4n) is 2.25. The number of hydrogen-bond donors (Lipinski definition) is 1. The molecule has 0 amide bonds. The average molecular weight is 610 g/mol. The van der Waals surface area contributed by atoms with Gasteiger partial charge in [0.1, 0.15) is 6.61 Å². The minimum atomic E-state index is -5.31. The molecule has 0 radical (unpaired) electrons. The summed E-state index contributed by atoms with van der Waals surface area (Å²) < 4.78 is 24.8. The molecular weight excluding hydrogens is 555 g/mol. The smallest absolute Gasteiger partial charge is 0.790 e. The van der Waals surface area contributed by atoms with E-state index in [2.05, 4.69) is 94.3 Å². The summed E-state index contributed by atoms with van der Waals surface area (Å²) in [7, 11) is -5.31. The first-order valence-electron chi connectivity index (χ1n) is 11.2. The Balaban J connectivity index is -0.0000000540. The Morgan fingerprint density at radius 2 is 1.25 bits per heavy atom. The molecule has 0 aromatic rings. The molecule has 0 aliphatic heterocycles. The molecule has 0 unspecified atom stereocenters. The summed E-state index contributed by atoms with van der Waals surface area (Å²) >= 11 is 0. The van der Waals surface area contributed by atoms with Crippen molar-refractivity contribution in [3.05, 3.63) is 0 Å². The number of rotatable bonds is 13. The number of esters is 2. The Kier molecular flexibility index (Phi) is 35.3. The number of phosphoric acid groups is 1. The second-order valence-corrected chi connectivity index (χ2v) is 8.00. The Labute approximate surface area is 301 Å². The first-order valence-corrected chi connectivity index (χ1v) is 12.7. The van der Waals surface area contributed by atoms with Gasteiger partial charge in [0.25, 0.3) is 0 Å². The molecule has 3 N–H and O–H groups in total. The predicted molar refractivity (Wildman–Crippen MR) is 165 cm³/mol. The van der Waals surface area contributed by atoms with Gasteiger partial charge in [-0.05, 0) is 84.4 Å². The largest absolute Gasteiger partial charge is 1.00 e. The first kappa shape index (κ1) is 44.9. The van der Waals surface area contributed by atoms with Crippen molar-refractivity contribution in [1.29, 1.82) is 0 Å². The molecule has 12 heteroatoms. The molecule has 9 nitrogen and oxygen atoms in total. The van der Waals surface area contributed by atoms with Crippen molar-refractivity contribution >= 4 is 19.8 Å². The Morgan fingerprint density at radius 3 is 1.75 bits per heavy atom. The molecular formula is C28H54NNa2O8P. The van der Waals surface area contributed by atoms with E-state index < -0.39 is 39.1 Å². The maximum Gasteiger partial charge on any atom is 1.00 e. The van der Waals surface area contributed by atoms with Gasteiger partial charge < -0.3 is 34.5 Å². The van der Waals surface area contributed by atoms with Crippen LogP contribution in [0.1, 0.15) is 77.3 Å². The molecule has 0 saturated carbocycles. The second kappa shape index (κ2) is 31.5. The SMILES string of the molecule is CC#CC#CC#CC#CC#CC#CC#CC(=O)OC[C@@H](COP(=O)([O-])[O-])OC(=O)CCCCCCCC.N.[HH].[HH].[HH].[HH].[HH].[HH].[HH].[HH].[HH].[HH].[HH].[HH].[HH].[Na+].[Na+]. The van der Waals surface area contributed by atoms with E-state index in [-0.39, 0.29) is 90.2 Å². The predicted octanol–water partition coefficient (Wildman–Crippen LogP) is -1.55. The average Bonchev–Trinajstić information content (AvgIpc) is 2.85. The van der Waals surface area contributed by atoms with Crippen LogP contribution in [-0.2, 0) is 28.2 Å². The molecule has 226 valence electrons. The fraction of sp³-hybridized carbons (Fsp3) is 0.429. The van der Waals surface area contributed by atoms with E-state index in [4.69, 9.17) is 9.47 Å². The summed E-state index contributed by atoms with van der Waals surface area (Å²) in [4.78, 5) is 45.2. The van der Waals surface area contributed by atoms with Crippen molar-refractivity contribution in [2.45, 2.75) is 64.9 Å². The van der Waals surface area contributed by atoms with Gasteiger partial charge in [-0.1, -0.05) is 44.9 Å². The van der Waals surface area contributed by atoms with E-state index in [1.54, 1.807) is 6.92 Å². The van der Waals surface area contributed by atoms with E-state index >= 15 is 0 Å². The van der Waals surface area contributed by atoms with E-state index in [1.165, 1.54) is 0 Å². The zero-order valence-corrected chi connectivity index (χ0v) is 28.3. The van der Waals surface area contributed by atoms with E-state index in [0.29, 0.717) is 6.42 Å². The zero-order valence-electron chi connectivity index (χ0n) is 23.4. The van der Waals surface area contributed by atoms with Gasteiger partial charge >= 0.3 is 71.1 Å². The maximum absolute atomic E-state index is 12.0. The molecule has 0 saturated heterocycles. The van der Waals surface area contributed by atoms with Crippen molar-refractivity contribution < 1.29 is 116 Å². The summed E-state index contributed by atoms with van der Waals surface area (Å²) in [6.07, 6.45) is 4.53. The fourth-order valence-corrected chi connectivity index (χ4v) is 2.60. The topological polar surface area (TPSA) is 160 Å².